The predicted molar refractivity (Wildman–Crippen MR) is 104 cm³/mol. The molecule has 0 aliphatic rings. The molecule has 7 heteroatoms. The van der Waals surface area contributed by atoms with Gasteiger partial charge in [-0.3, -0.25) is 0 Å². The summed E-state index contributed by atoms with van der Waals surface area (Å²) in [6.45, 7) is 0.696. The van der Waals surface area contributed by atoms with Gasteiger partial charge in [0.25, 0.3) is 0 Å². The van der Waals surface area contributed by atoms with E-state index in [9.17, 15) is 0 Å². The van der Waals surface area contributed by atoms with E-state index in [1.54, 1.807) is 27.5 Å². The Balaban J connectivity index is 2.37. The Bertz CT molecular complexity index is 678. The van der Waals surface area contributed by atoms with Gasteiger partial charge in [0, 0.05) is 0 Å². The van der Waals surface area contributed by atoms with E-state index in [-0.39, 0.29) is 6.10 Å². The van der Waals surface area contributed by atoms with E-state index >= 15 is 0 Å². The Kier molecular flexibility index (Phi) is 7.85. The number of methoxy groups -OCH3 is 3. The minimum absolute atomic E-state index is 0.293. The van der Waals surface area contributed by atoms with Crippen molar-refractivity contribution in [3.63, 3.8) is 0 Å². The summed E-state index contributed by atoms with van der Waals surface area (Å²) in [5, 5.41) is 1.27. The topological polar surface area (TPSA) is 54.7 Å². The molecule has 26 heavy (non-hydrogen) atoms. The molecule has 1 unspecified atom stereocenters. The summed E-state index contributed by atoms with van der Waals surface area (Å²) in [6.07, 6.45) is 4.48. The van der Waals surface area contributed by atoms with E-state index in [1.807, 2.05) is 29.9 Å². The molecule has 2 rings (SSSR count). The third-order valence-corrected chi connectivity index (χ3v) is 6.66. The van der Waals surface area contributed by atoms with E-state index in [2.05, 4.69) is 16.4 Å². The Labute approximate surface area is 160 Å². The average molecular weight is 424 g/mol. The molecule has 0 N–H and O–H groups in total. The first kappa shape index (κ1) is 20.7. The number of aromatic nitrogens is 2. The molecule has 144 valence electrons. The van der Waals surface area contributed by atoms with Gasteiger partial charge in [0.1, 0.15) is 0 Å². The van der Waals surface area contributed by atoms with Gasteiger partial charge in [-0.05, 0) is 0 Å². The van der Waals surface area contributed by atoms with Gasteiger partial charge in [-0.25, -0.2) is 0 Å². The first-order chi connectivity index (χ1) is 12.5. The molecule has 1 aromatic carbocycles. The van der Waals surface area contributed by atoms with Gasteiger partial charge in [0.2, 0.25) is 0 Å². The quantitative estimate of drug-likeness (QED) is 0.430. The second kappa shape index (κ2) is 9.88. The van der Waals surface area contributed by atoms with Crippen molar-refractivity contribution in [1.29, 1.82) is 0 Å². The maximum absolute atomic E-state index is 6.26. The van der Waals surface area contributed by atoms with Crippen LogP contribution in [0.5, 0.6) is 17.2 Å². The van der Waals surface area contributed by atoms with Crippen LogP contribution in [0.1, 0.15) is 23.9 Å². The summed E-state index contributed by atoms with van der Waals surface area (Å²) >= 11 is -0.635. The van der Waals surface area contributed by atoms with Crippen LogP contribution in [-0.4, -0.2) is 52.1 Å². The molecule has 0 spiro atoms. The summed E-state index contributed by atoms with van der Waals surface area (Å²) in [5.41, 5.74) is 5.65. The van der Waals surface area contributed by atoms with Crippen molar-refractivity contribution in [2.75, 3.05) is 27.9 Å². The molecule has 0 amide bonds. The van der Waals surface area contributed by atoms with Gasteiger partial charge in [0.15, 0.2) is 0 Å². The summed E-state index contributed by atoms with van der Waals surface area (Å²) in [6, 6.07) is 3.86. The van der Waals surface area contributed by atoms with Crippen molar-refractivity contribution in [3.05, 3.63) is 35.9 Å². The van der Waals surface area contributed by atoms with Gasteiger partial charge in [-0.15, -0.1) is 0 Å². The average Bonchev–Trinajstić information content (AvgIpc) is 3.05. The fraction of sp³-hybridized carbons (Fsp3) is 0.526. The zero-order chi connectivity index (χ0) is 19.1. The van der Waals surface area contributed by atoms with E-state index in [1.165, 1.54) is 5.21 Å². The van der Waals surface area contributed by atoms with Gasteiger partial charge in [-0.2, -0.15) is 0 Å². The summed E-state index contributed by atoms with van der Waals surface area (Å²) < 4.78 is 24.7. The number of hydrogen-bond acceptors (Lipinski definition) is 5. The number of hydrogen-bond donors (Lipinski definition) is 0. The second-order valence-electron chi connectivity index (χ2n) is 6.26. The number of nitrogens with zero attached hydrogens (tertiary/aromatic N) is 2. The molecule has 0 saturated heterocycles. The van der Waals surface area contributed by atoms with Crippen LogP contribution in [0.3, 0.4) is 0 Å². The van der Waals surface area contributed by atoms with Crippen molar-refractivity contribution in [3.8, 4) is 17.2 Å². The summed E-state index contributed by atoms with van der Waals surface area (Å²) in [7, 11) is 6.80. The minimum atomic E-state index is -0.635. The molecule has 0 bridgehead atoms. The van der Waals surface area contributed by atoms with Crippen molar-refractivity contribution in [2.45, 2.75) is 29.2 Å². The SMILES string of the molecule is COc1cc(C(OCCC[As](C)C)c2nccn2C)cc(OC)c1OC. The normalized spacial score (nSPS) is 12.3. The van der Waals surface area contributed by atoms with Crippen molar-refractivity contribution in [1.82, 2.24) is 9.55 Å². The van der Waals surface area contributed by atoms with Crippen LogP contribution in [0, 0.1) is 0 Å². The molecule has 0 aliphatic heterocycles. The summed E-state index contributed by atoms with van der Waals surface area (Å²) in [5.74, 6) is 2.64. The van der Waals surface area contributed by atoms with Crippen LogP contribution in [-0.2, 0) is 11.8 Å². The predicted octanol–water partition coefficient (Wildman–Crippen LogP) is 3.70. The number of aryl methyl sites for hydroxylation is 1. The van der Waals surface area contributed by atoms with Crippen LogP contribution >= 0.6 is 0 Å². The molecule has 1 atom stereocenters. The van der Waals surface area contributed by atoms with E-state index < -0.39 is 14.7 Å². The zero-order valence-electron chi connectivity index (χ0n) is 16.5. The monoisotopic (exact) mass is 424 g/mol. The van der Waals surface area contributed by atoms with Crippen LogP contribution in [0.15, 0.2) is 24.5 Å². The molecule has 1 heterocycles. The zero-order valence-corrected chi connectivity index (χ0v) is 18.4. The third kappa shape index (κ3) is 4.95. The van der Waals surface area contributed by atoms with E-state index in [4.69, 9.17) is 18.9 Å². The molecule has 2 aromatic rings. The Hall–Kier alpha value is -1.65. The molecule has 1 aromatic heterocycles. The van der Waals surface area contributed by atoms with Crippen molar-refractivity contribution >= 4 is 14.7 Å². The number of ether oxygens (including phenoxy) is 4. The number of rotatable bonds is 10. The molecular weight excluding hydrogens is 395 g/mol. The van der Waals surface area contributed by atoms with Crippen LogP contribution in [0.25, 0.3) is 0 Å². The van der Waals surface area contributed by atoms with Crippen molar-refractivity contribution < 1.29 is 18.9 Å². The van der Waals surface area contributed by atoms with E-state index in [0.717, 1.165) is 17.8 Å². The van der Waals surface area contributed by atoms with Gasteiger partial charge in [0.05, 0.1) is 0 Å². The molecule has 0 radical (unpaired) electrons. The van der Waals surface area contributed by atoms with Crippen LogP contribution in [0.2, 0.25) is 16.6 Å². The fourth-order valence-corrected chi connectivity index (χ4v) is 4.38. The van der Waals surface area contributed by atoms with Gasteiger partial charge >= 0.3 is 160 Å². The van der Waals surface area contributed by atoms with Crippen LogP contribution in [0.4, 0.5) is 0 Å². The molecule has 6 nitrogen and oxygen atoms in total. The molecular formula is C19H29AsN2O4. The van der Waals surface area contributed by atoms with E-state index in [0.29, 0.717) is 23.9 Å². The first-order valence-electron chi connectivity index (χ1n) is 8.55. The molecule has 0 saturated carbocycles. The van der Waals surface area contributed by atoms with Crippen LogP contribution < -0.4 is 14.2 Å². The Morgan fingerprint density at radius 1 is 1.08 bits per heavy atom. The van der Waals surface area contributed by atoms with Gasteiger partial charge < -0.3 is 0 Å². The molecule has 0 aliphatic carbocycles. The third-order valence-electron chi connectivity index (χ3n) is 4.12. The Morgan fingerprint density at radius 3 is 2.19 bits per heavy atom. The Morgan fingerprint density at radius 2 is 1.73 bits per heavy atom. The maximum atomic E-state index is 6.26. The summed E-state index contributed by atoms with van der Waals surface area (Å²) in [4.78, 5) is 4.49. The van der Waals surface area contributed by atoms with Crippen molar-refractivity contribution in [2.24, 2.45) is 7.05 Å². The van der Waals surface area contributed by atoms with Gasteiger partial charge in [-0.1, -0.05) is 0 Å². The number of imidazole rings is 1. The first-order valence-corrected chi connectivity index (χ1v) is 13.6. The fourth-order valence-electron chi connectivity index (χ4n) is 2.78. The standard InChI is InChI=1S/C19H29AsN2O4/c1-20(2)8-7-11-26-17(19-21-9-10-22(19)3)14-12-15(23-4)18(25-6)16(13-14)24-5/h9-10,12-13,17H,7-8,11H2,1-6H3. The molecule has 0 fully saturated rings. The number of benzene rings is 1. The second-order valence-corrected chi connectivity index (χ2v) is 11.7.